The van der Waals surface area contributed by atoms with E-state index >= 15 is 0 Å². The van der Waals surface area contributed by atoms with Crippen LogP contribution in [0.25, 0.3) is 0 Å². The lowest BCUT2D eigenvalue weighted by molar-refractivity contribution is 0.110. The van der Waals surface area contributed by atoms with E-state index in [9.17, 15) is 4.79 Å². The van der Waals surface area contributed by atoms with Crippen molar-refractivity contribution in [2.24, 2.45) is 5.92 Å². The average Bonchev–Trinajstić information content (AvgIpc) is 2.58. The number of unbranched alkanes of at least 4 members (excludes halogenated alkanes) is 2. The van der Waals surface area contributed by atoms with Gasteiger partial charge >= 0.3 is 6.09 Å². The van der Waals surface area contributed by atoms with Gasteiger partial charge in [0.25, 0.3) is 0 Å². The lowest BCUT2D eigenvalue weighted by Crippen LogP contribution is -2.34. The van der Waals surface area contributed by atoms with E-state index in [1.807, 2.05) is 4.90 Å². The molecule has 0 aromatic rings. The quantitative estimate of drug-likeness (QED) is 0.626. The number of ether oxygens (including phenoxy) is 1. The SMILES string of the molecule is CCCCCN1C[C@H](CN(C)CC(C)C)OC1=O. The second-order valence-electron chi connectivity index (χ2n) is 5.77. The van der Waals surface area contributed by atoms with Crippen molar-refractivity contribution in [3.8, 4) is 0 Å². The molecule has 4 heteroatoms. The molecular weight excluding hydrogens is 228 g/mol. The smallest absolute Gasteiger partial charge is 0.410 e. The summed E-state index contributed by atoms with van der Waals surface area (Å²) >= 11 is 0. The van der Waals surface area contributed by atoms with Crippen LogP contribution in [0.15, 0.2) is 0 Å². The van der Waals surface area contributed by atoms with E-state index in [0.29, 0.717) is 5.92 Å². The molecule has 0 aliphatic carbocycles. The van der Waals surface area contributed by atoms with Crippen LogP contribution in [0.1, 0.15) is 40.0 Å². The number of rotatable bonds is 8. The number of hydrogen-bond acceptors (Lipinski definition) is 3. The van der Waals surface area contributed by atoms with Crippen LogP contribution in [0.2, 0.25) is 0 Å². The molecule has 1 fully saturated rings. The number of carbonyl (C=O) groups excluding carboxylic acids is 1. The number of likely N-dealkylation sites (N-methyl/N-ethyl adjacent to an activating group) is 1. The van der Waals surface area contributed by atoms with E-state index in [1.54, 1.807) is 0 Å². The van der Waals surface area contributed by atoms with Gasteiger partial charge in [-0.05, 0) is 19.4 Å². The summed E-state index contributed by atoms with van der Waals surface area (Å²) in [5.74, 6) is 0.646. The molecular formula is C14H28N2O2. The molecule has 0 radical (unpaired) electrons. The maximum Gasteiger partial charge on any atom is 0.410 e. The Morgan fingerprint density at radius 1 is 1.44 bits per heavy atom. The molecule has 0 unspecified atom stereocenters. The minimum atomic E-state index is -0.131. The number of cyclic esters (lactones) is 1. The zero-order chi connectivity index (χ0) is 13.5. The maximum absolute atomic E-state index is 11.7. The van der Waals surface area contributed by atoms with Gasteiger partial charge in [0.15, 0.2) is 0 Å². The monoisotopic (exact) mass is 256 g/mol. The Bertz CT molecular complexity index is 256. The summed E-state index contributed by atoms with van der Waals surface area (Å²) in [5.41, 5.74) is 0. The fraction of sp³-hybridized carbons (Fsp3) is 0.929. The second kappa shape index (κ2) is 7.62. The van der Waals surface area contributed by atoms with Crippen LogP contribution in [-0.4, -0.2) is 55.2 Å². The van der Waals surface area contributed by atoms with Gasteiger partial charge in [0.05, 0.1) is 6.54 Å². The Balaban J connectivity index is 2.27. The topological polar surface area (TPSA) is 32.8 Å². The molecule has 18 heavy (non-hydrogen) atoms. The van der Waals surface area contributed by atoms with Crippen LogP contribution in [0, 0.1) is 5.92 Å². The summed E-state index contributed by atoms with van der Waals surface area (Å²) in [6.07, 6.45) is 3.36. The van der Waals surface area contributed by atoms with E-state index in [-0.39, 0.29) is 12.2 Å². The molecule has 106 valence electrons. The highest BCUT2D eigenvalue weighted by Gasteiger charge is 2.31. The van der Waals surface area contributed by atoms with Crippen molar-refractivity contribution >= 4 is 6.09 Å². The fourth-order valence-electron chi connectivity index (χ4n) is 2.45. The van der Waals surface area contributed by atoms with E-state index in [2.05, 4.69) is 32.7 Å². The first kappa shape index (κ1) is 15.3. The third-order valence-corrected chi connectivity index (χ3v) is 3.17. The van der Waals surface area contributed by atoms with E-state index in [4.69, 9.17) is 4.74 Å². The summed E-state index contributed by atoms with van der Waals surface area (Å²) in [6.45, 7) is 10.1. The molecule has 1 rings (SSSR count). The van der Waals surface area contributed by atoms with Crippen LogP contribution in [-0.2, 0) is 4.74 Å². The van der Waals surface area contributed by atoms with Crippen molar-refractivity contribution in [1.82, 2.24) is 9.80 Å². The van der Waals surface area contributed by atoms with E-state index < -0.39 is 0 Å². The summed E-state index contributed by atoms with van der Waals surface area (Å²) in [5, 5.41) is 0. The second-order valence-corrected chi connectivity index (χ2v) is 5.77. The summed E-state index contributed by atoms with van der Waals surface area (Å²) < 4.78 is 5.40. The minimum Gasteiger partial charge on any atom is -0.443 e. The summed E-state index contributed by atoms with van der Waals surface area (Å²) in [7, 11) is 2.09. The molecule has 0 spiro atoms. The third kappa shape index (κ3) is 5.25. The van der Waals surface area contributed by atoms with E-state index in [0.717, 1.165) is 32.6 Å². The Morgan fingerprint density at radius 3 is 2.78 bits per heavy atom. The molecule has 0 aromatic heterocycles. The lowest BCUT2D eigenvalue weighted by atomic mass is 10.2. The molecule has 1 aliphatic heterocycles. The largest absolute Gasteiger partial charge is 0.443 e. The Morgan fingerprint density at radius 2 is 2.17 bits per heavy atom. The summed E-state index contributed by atoms with van der Waals surface area (Å²) in [6, 6.07) is 0. The van der Waals surface area contributed by atoms with Crippen LogP contribution in [0.3, 0.4) is 0 Å². The van der Waals surface area contributed by atoms with E-state index in [1.165, 1.54) is 12.8 Å². The van der Waals surface area contributed by atoms with Crippen LogP contribution >= 0.6 is 0 Å². The Labute approximate surface area is 111 Å². The van der Waals surface area contributed by atoms with Gasteiger partial charge in [0.2, 0.25) is 0 Å². The number of carbonyl (C=O) groups is 1. The van der Waals surface area contributed by atoms with Crippen molar-refractivity contribution < 1.29 is 9.53 Å². The Kier molecular flexibility index (Phi) is 6.47. The van der Waals surface area contributed by atoms with Gasteiger partial charge in [-0.1, -0.05) is 33.6 Å². The molecule has 0 bridgehead atoms. The molecule has 1 amide bonds. The highest BCUT2D eigenvalue weighted by atomic mass is 16.6. The summed E-state index contributed by atoms with van der Waals surface area (Å²) in [4.78, 5) is 15.8. The number of nitrogens with zero attached hydrogens (tertiary/aromatic N) is 2. The number of amides is 1. The van der Waals surface area contributed by atoms with Gasteiger partial charge in [0, 0.05) is 19.6 Å². The highest BCUT2D eigenvalue weighted by Crippen LogP contribution is 2.13. The average molecular weight is 256 g/mol. The van der Waals surface area contributed by atoms with Crippen LogP contribution < -0.4 is 0 Å². The van der Waals surface area contributed by atoms with Crippen molar-refractivity contribution in [2.45, 2.75) is 46.1 Å². The first-order valence-electron chi connectivity index (χ1n) is 7.17. The van der Waals surface area contributed by atoms with Gasteiger partial charge in [-0.15, -0.1) is 0 Å². The molecule has 1 aliphatic rings. The normalized spacial score (nSPS) is 20.0. The molecule has 1 saturated heterocycles. The van der Waals surface area contributed by atoms with Crippen molar-refractivity contribution in [1.29, 1.82) is 0 Å². The first-order chi connectivity index (χ1) is 8.52. The fourth-order valence-corrected chi connectivity index (χ4v) is 2.45. The standard InChI is InChI=1S/C14H28N2O2/c1-5-6-7-8-16-11-13(18-14(16)17)10-15(4)9-12(2)3/h12-13H,5-11H2,1-4H3/t13-/m0/s1. The molecule has 0 N–H and O–H groups in total. The van der Waals surface area contributed by atoms with Crippen molar-refractivity contribution in [3.05, 3.63) is 0 Å². The van der Waals surface area contributed by atoms with Crippen molar-refractivity contribution in [3.63, 3.8) is 0 Å². The van der Waals surface area contributed by atoms with Gasteiger partial charge in [-0.3, -0.25) is 0 Å². The zero-order valence-electron chi connectivity index (χ0n) is 12.3. The first-order valence-corrected chi connectivity index (χ1v) is 7.17. The molecule has 0 aromatic carbocycles. The van der Waals surface area contributed by atoms with Gasteiger partial charge in [-0.25, -0.2) is 4.79 Å². The lowest BCUT2D eigenvalue weighted by Gasteiger charge is -2.21. The molecule has 1 heterocycles. The zero-order valence-corrected chi connectivity index (χ0v) is 12.3. The third-order valence-electron chi connectivity index (χ3n) is 3.17. The molecule has 1 atom stereocenters. The van der Waals surface area contributed by atoms with Gasteiger partial charge in [-0.2, -0.15) is 0 Å². The minimum absolute atomic E-state index is 0.0443. The Hall–Kier alpha value is -0.770. The molecule has 4 nitrogen and oxygen atoms in total. The number of hydrogen-bond donors (Lipinski definition) is 0. The highest BCUT2D eigenvalue weighted by molar-refractivity contribution is 5.69. The van der Waals surface area contributed by atoms with Crippen LogP contribution in [0.5, 0.6) is 0 Å². The molecule has 0 saturated carbocycles. The predicted octanol–water partition coefficient (Wildman–Crippen LogP) is 2.59. The maximum atomic E-state index is 11.7. The van der Waals surface area contributed by atoms with Crippen LogP contribution in [0.4, 0.5) is 4.79 Å². The van der Waals surface area contributed by atoms with Gasteiger partial charge in [0.1, 0.15) is 6.10 Å². The predicted molar refractivity (Wildman–Crippen MR) is 73.7 cm³/mol. The van der Waals surface area contributed by atoms with Crippen molar-refractivity contribution in [2.75, 3.05) is 33.2 Å². The van der Waals surface area contributed by atoms with Gasteiger partial charge < -0.3 is 14.5 Å².